The van der Waals surface area contributed by atoms with Crippen LogP contribution in [0.4, 0.5) is 0 Å². The third-order valence-electron chi connectivity index (χ3n) is 5.99. The van der Waals surface area contributed by atoms with Crippen molar-refractivity contribution in [1.82, 2.24) is 19.6 Å². The van der Waals surface area contributed by atoms with Crippen molar-refractivity contribution >= 4 is 0 Å². The molecular weight excluding hydrogens is 284 g/mol. The smallest absolute Gasteiger partial charge is 0.000654 e. The third-order valence-corrected chi connectivity index (χ3v) is 5.99. The van der Waals surface area contributed by atoms with E-state index in [-0.39, 0.29) is 0 Å². The zero-order valence-electron chi connectivity index (χ0n) is 16.2. The SMILES string of the molecule is CN(C)CCCN1CCC2(CC1)CCN(CCCN(C)C)CC2. The van der Waals surface area contributed by atoms with Crippen molar-refractivity contribution in [1.29, 1.82) is 0 Å². The molecular formula is C19H40N4. The Bertz CT molecular complexity index is 278. The van der Waals surface area contributed by atoms with Gasteiger partial charge in [-0.1, -0.05) is 0 Å². The maximum Gasteiger partial charge on any atom is -0.000654 e. The summed E-state index contributed by atoms with van der Waals surface area (Å²) in [4.78, 5) is 10.0. The fourth-order valence-electron chi connectivity index (χ4n) is 4.22. The van der Waals surface area contributed by atoms with Gasteiger partial charge >= 0.3 is 0 Å². The summed E-state index contributed by atoms with van der Waals surface area (Å²) in [6.07, 6.45) is 8.42. The Morgan fingerprint density at radius 1 is 0.652 bits per heavy atom. The van der Waals surface area contributed by atoms with E-state index in [2.05, 4.69) is 47.8 Å². The molecule has 4 nitrogen and oxygen atoms in total. The van der Waals surface area contributed by atoms with E-state index in [1.165, 1.54) is 90.9 Å². The molecule has 2 aliphatic rings. The summed E-state index contributed by atoms with van der Waals surface area (Å²) in [6.45, 7) is 10.4. The van der Waals surface area contributed by atoms with Gasteiger partial charge in [0.15, 0.2) is 0 Å². The highest BCUT2D eigenvalue weighted by Crippen LogP contribution is 2.41. The van der Waals surface area contributed by atoms with Gasteiger partial charge in [0.25, 0.3) is 0 Å². The molecule has 4 heteroatoms. The van der Waals surface area contributed by atoms with Gasteiger partial charge in [-0.05, 0) is 124 Å². The summed E-state index contributed by atoms with van der Waals surface area (Å²) in [6, 6.07) is 0. The molecule has 136 valence electrons. The van der Waals surface area contributed by atoms with Crippen LogP contribution in [-0.4, -0.2) is 100 Å². The van der Waals surface area contributed by atoms with Gasteiger partial charge in [-0.3, -0.25) is 0 Å². The number of rotatable bonds is 8. The van der Waals surface area contributed by atoms with Crippen LogP contribution in [0, 0.1) is 5.41 Å². The van der Waals surface area contributed by atoms with Gasteiger partial charge in [0.05, 0.1) is 0 Å². The molecule has 0 aromatic heterocycles. The Labute approximate surface area is 144 Å². The highest BCUT2D eigenvalue weighted by Gasteiger charge is 2.37. The van der Waals surface area contributed by atoms with Gasteiger partial charge in [-0.2, -0.15) is 0 Å². The maximum absolute atomic E-state index is 2.71. The van der Waals surface area contributed by atoms with E-state index in [1.807, 2.05) is 0 Å². The summed E-state index contributed by atoms with van der Waals surface area (Å²) < 4.78 is 0. The molecule has 0 aliphatic carbocycles. The van der Waals surface area contributed by atoms with Crippen molar-refractivity contribution in [3.05, 3.63) is 0 Å². The lowest BCUT2D eigenvalue weighted by molar-refractivity contribution is 0.0333. The molecule has 2 fully saturated rings. The molecule has 2 saturated heterocycles. The predicted octanol–water partition coefficient (Wildman–Crippen LogP) is 2.07. The quantitative estimate of drug-likeness (QED) is 0.677. The van der Waals surface area contributed by atoms with Crippen LogP contribution in [0.25, 0.3) is 0 Å². The van der Waals surface area contributed by atoms with Crippen LogP contribution < -0.4 is 0 Å². The normalized spacial score (nSPS) is 23.2. The van der Waals surface area contributed by atoms with Gasteiger partial charge in [0, 0.05) is 0 Å². The van der Waals surface area contributed by atoms with Gasteiger partial charge < -0.3 is 19.6 Å². The fourth-order valence-corrected chi connectivity index (χ4v) is 4.22. The van der Waals surface area contributed by atoms with Crippen LogP contribution in [0.2, 0.25) is 0 Å². The number of hydrogen-bond donors (Lipinski definition) is 0. The molecule has 2 rings (SSSR count). The van der Waals surface area contributed by atoms with E-state index in [4.69, 9.17) is 0 Å². The summed E-state index contributed by atoms with van der Waals surface area (Å²) in [5, 5.41) is 0. The molecule has 2 heterocycles. The number of likely N-dealkylation sites (tertiary alicyclic amines) is 2. The molecule has 0 amide bonds. The van der Waals surface area contributed by atoms with E-state index < -0.39 is 0 Å². The van der Waals surface area contributed by atoms with Crippen LogP contribution >= 0.6 is 0 Å². The minimum Gasteiger partial charge on any atom is -0.309 e. The molecule has 0 aromatic rings. The lowest BCUT2D eigenvalue weighted by Gasteiger charge is -2.47. The summed E-state index contributed by atoms with van der Waals surface area (Å²) in [7, 11) is 8.71. The first-order valence-electron chi connectivity index (χ1n) is 9.73. The van der Waals surface area contributed by atoms with Crippen molar-refractivity contribution in [2.45, 2.75) is 38.5 Å². The van der Waals surface area contributed by atoms with Gasteiger partial charge in [0.2, 0.25) is 0 Å². The molecule has 0 N–H and O–H groups in total. The van der Waals surface area contributed by atoms with Crippen molar-refractivity contribution in [2.75, 3.05) is 80.5 Å². The second-order valence-corrected chi connectivity index (χ2v) is 8.50. The van der Waals surface area contributed by atoms with Crippen molar-refractivity contribution < 1.29 is 0 Å². The Morgan fingerprint density at radius 2 is 1.00 bits per heavy atom. The van der Waals surface area contributed by atoms with E-state index in [1.54, 1.807) is 0 Å². The Hall–Kier alpha value is -0.160. The molecule has 23 heavy (non-hydrogen) atoms. The molecule has 2 aliphatic heterocycles. The maximum atomic E-state index is 2.71. The van der Waals surface area contributed by atoms with Crippen LogP contribution in [0.15, 0.2) is 0 Å². The molecule has 0 saturated carbocycles. The van der Waals surface area contributed by atoms with Crippen LogP contribution in [0.5, 0.6) is 0 Å². The van der Waals surface area contributed by atoms with Gasteiger partial charge in [-0.15, -0.1) is 0 Å². The lowest BCUT2D eigenvalue weighted by Crippen LogP contribution is -2.47. The largest absolute Gasteiger partial charge is 0.309 e. The van der Waals surface area contributed by atoms with Gasteiger partial charge in [0.1, 0.15) is 0 Å². The second-order valence-electron chi connectivity index (χ2n) is 8.50. The minimum absolute atomic E-state index is 0.691. The highest BCUT2D eigenvalue weighted by molar-refractivity contribution is 4.90. The first-order valence-corrected chi connectivity index (χ1v) is 9.73. The summed E-state index contributed by atoms with van der Waals surface area (Å²) in [5.41, 5.74) is 0.691. The fraction of sp³-hybridized carbons (Fsp3) is 1.00. The van der Waals surface area contributed by atoms with E-state index in [0.717, 1.165) is 0 Å². The molecule has 0 radical (unpaired) electrons. The van der Waals surface area contributed by atoms with Crippen molar-refractivity contribution in [3.8, 4) is 0 Å². The van der Waals surface area contributed by atoms with Crippen LogP contribution in [0.1, 0.15) is 38.5 Å². The molecule has 1 spiro atoms. The third kappa shape index (κ3) is 6.69. The number of piperidine rings is 2. The zero-order valence-corrected chi connectivity index (χ0v) is 16.2. The number of hydrogen-bond acceptors (Lipinski definition) is 4. The highest BCUT2D eigenvalue weighted by atomic mass is 15.2. The first-order chi connectivity index (χ1) is 11.0. The van der Waals surface area contributed by atoms with Crippen molar-refractivity contribution in [2.24, 2.45) is 5.41 Å². The van der Waals surface area contributed by atoms with Crippen molar-refractivity contribution in [3.63, 3.8) is 0 Å². The van der Waals surface area contributed by atoms with Crippen LogP contribution in [0.3, 0.4) is 0 Å². The Morgan fingerprint density at radius 3 is 1.30 bits per heavy atom. The summed E-state index contributed by atoms with van der Waals surface area (Å²) in [5.74, 6) is 0. The molecule has 0 atom stereocenters. The Balaban J connectivity index is 1.61. The van der Waals surface area contributed by atoms with Gasteiger partial charge in [-0.25, -0.2) is 0 Å². The van der Waals surface area contributed by atoms with E-state index >= 15 is 0 Å². The minimum atomic E-state index is 0.691. The van der Waals surface area contributed by atoms with E-state index in [0.29, 0.717) is 5.41 Å². The molecule has 0 unspecified atom stereocenters. The van der Waals surface area contributed by atoms with Crippen LogP contribution in [-0.2, 0) is 0 Å². The molecule has 0 bridgehead atoms. The monoisotopic (exact) mass is 324 g/mol. The average molecular weight is 325 g/mol. The van der Waals surface area contributed by atoms with E-state index in [9.17, 15) is 0 Å². The molecule has 0 aromatic carbocycles. The predicted molar refractivity (Wildman–Crippen MR) is 100 cm³/mol. The summed E-state index contributed by atoms with van der Waals surface area (Å²) >= 11 is 0. The lowest BCUT2D eigenvalue weighted by atomic mass is 9.71. The average Bonchev–Trinajstić information content (AvgIpc) is 2.51. The second kappa shape index (κ2) is 9.36. The topological polar surface area (TPSA) is 13.0 Å². The number of nitrogens with zero attached hydrogens (tertiary/aromatic N) is 4. The first kappa shape index (κ1) is 19.2. The Kier molecular flexibility index (Phi) is 7.80. The zero-order chi connectivity index (χ0) is 16.7. The standard InChI is InChI=1S/C19H40N4/c1-20(2)11-5-13-22-15-7-19(8-16-22)9-17-23(18-10-19)14-6-12-21(3)4/h5-18H2,1-4H3.